The molecule has 26 heavy (non-hydrogen) atoms. The van der Waals surface area contributed by atoms with Gasteiger partial charge in [0, 0.05) is 24.4 Å². The topological polar surface area (TPSA) is 51.4 Å². The normalized spacial score (nSPS) is 19.0. The molecule has 0 amide bonds. The fourth-order valence-electron chi connectivity index (χ4n) is 3.59. The molecule has 1 aromatic heterocycles. The molecule has 0 spiro atoms. The standard InChI is InChI=1S/C19H23F2N3O2/c1-25-16-5-4-15(20)18(21)14(16)11-24-8-6-12(7-9-24)10-17-22-19(26-23-17)13-2-3-13/h4-5,12-13H,2-3,6-11H2,1H3. The summed E-state index contributed by atoms with van der Waals surface area (Å²) in [6.45, 7) is 2.02. The van der Waals surface area contributed by atoms with E-state index in [1.165, 1.54) is 13.2 Å². The Morgan fingerprint density at radius 2 is 1.96 bits per heavy atom. The molecule has 1 aliphatic carbocycles. The van der Waals surface area contributed by atoms with Gasteiger partial charge in [-0.2, -0.15) is 4.98 Å². The Hall–Kier alpha value is -2.02. The predicted molar refractivity (Wildman–Crippen MR) is 90.9 cm³/mol. The lowest BCUT2D eigenvalue weighted by Gasteiger charge is -2.31. The van der Waals surface area contributed by atoms with E-state index in [0.717, 1.165) is 63.0 Å². The molecule has 1 aromatic carbocycles. The largest absolute Gasteiger partial charge is 0.496 e. The summed E-state index contributed by atoms with van der Waals surface area (Å²) in [5, 5.41) is 4.09. The number of nitrogens with zero attached hydrogens (tertiary/aromatic N) is 3. The molecule has 2 aromatic rings. The van der Waals surface area contributed by atoms with E-state index >= 15 is 0 Å². The summed E-state index contributed by atoms with van der Waals surface area (Å²) in [5.74, 6) is 1.30. The maximum absolute atomic E-state index is 14.1. The van der Waals surface area contributed by atoms with Gasteiger partial charge in [-0.1, -0.05) is 5.16 Å². The molecule has 2 fully saturated rings. The maximum Gasteiger partial charge on any atom is 0.229 e. The quantitative estimate of drug-likeness (QED) is 0.783. The van der Waals surface area contributed by atoms with Crippen LogP contribution in [0.15, 0.2) is 16.7 Å². The summed E-state index contributed by atoms with van der Waals surface area (Å²) in [6, 6.07) is 2.58. The molecule has 4 rings (SSSR count). The van der Waals surface area contributed by atoms with E-state index in [0.29, 0.717) is 24.1 Å². The smallest absolute Gasteiger partial charge is 0.229 e. The van der Waals surface area contributed by atoms with Crippen molar-refractivity contribution < 1.29 is 18.0 Å². The SMILES string of the molecule is COc1ccc(F)c(F)c1CN1CCC(Cc2noc(C3CC3)n2)CC1. The van der Waals surface area contributed by atoms with Crippen LogP contribution in [0.1, 0.15) is 48.9 Å². The Kier molecular flexibility index (Phi) is 4.89. The molecule has 0 unspecified atom stereocenters. The van der Waals surface area contributed by atoms with Gasteiger partial charge in [0.25, 0.3) is 0 Å². The second kappa shape index (κ2) is 7.31. The zero-order chi connectivity index (χ0) is 18.1. The Labute approximate surface area is 151 Å². The lowest BCUT2D eigenvalue weighted by molar-refractivity contribution is 0.171. The highest BCUT2D eigenvalue weighted by atomic mass is 19.2. The fraction of sp³-hybridized carbons (Fsp3) is 0.579. The van der Waals surface area contributed by atoms with Gasteiger partial charge in [-0.3, -0.25) is 4.90 Å². The van der Waals surface area contributed by atoms with Crippen molar-refractivity contribution in [2.75, 3.05) is 20.2 Å². The van der Waals surface area contributed by atoms with E-state index in [4.69, 9.17) is 9.26 Å². The lowest BCUT2D eigenvalue weighted by Crippen LogP contribution is -2.34. The van der Waals surface area contributed by atoms with Gasteiger partial charge in [-0.25, -0.2) is 8.78 Å². The zero-order valence-corrected chi connectivity index (χ0v) is 14.9. The van der Waals surface area contributed by atoms with Crippen LogP contribution in [-0.2, 0) is 13.0 Å². The summed E-state index contributed by atoms with van der Waals surface area (Å²) in [4.78, 5) is 6.64. The Morgan fingerprint density at radius 1 is 1.19 bits per heavy atom. The lowest BCUT2D eigenvalue weighted by atomic mass is 9.93. The number of hydrogen-bond acceptors (Lipinski definition) is 5. The molecule has 2 aliphatic rings. The number of likely N-dealkylation sites (tertiary alicyclic amines) is 1. The van der Waals surface area contributed by atoms with E-state index in [9.17, 15) is 8.78 Å². The molecule has 0 bridgehead atoms. The van der Waals surface area contributed by atoms with Crippen LogP contribution in [0.25, 0.3) is 0 Å². The number of halogens is 2. The zero-order valence-electron chi connectivity index (χ0n) is 14.9. The number of piperidine rings is 1. The van der Waals surface area contributed by atoms with Crippen molar-refractivity contribution in [3.05, 3.63) is 41.0 Å². The fourth-order valence-corrected chi connectivity index (χ4v) is 3.59. The van der Waals surface area contributed by atoms with Gasteiger partial charge >= 0.3 is 0 Å². The van der Waals surface area contributed by atoms with Crippen molar-refractivity contribution >= 4 is 0 Å². The Bertz CT molecular complexity index is 768. The third-order valence-corrected chi connectivity index (χ3v) is 5.34. The van der Waals surface area contributed by atoms with Gasteiger partial charge in [0.1, 0.15) is 5.75 Å². The van der Waals surface area contributed by atoms with Crippen molar-refractivity contribution in [3.8, 4) is 5.75 Å². The van der Waals surface area contributed by atoms with Crippen LogP contribution in [0, 0.1) is 17.6 Å². The summed E-state index contributed by atoms with van der Waals surface area (Å²) >= 11 is 0. The molecule has 2 heterocycles. The maximum atomic E-state index is 14.1. The minimum absolute atomic E-state index is 0.290. The van der Waals surface area contributed by atoms with E-state index in [2.05, 4.69) is 15.0 Å². The highest BCUT2D eigenvalue weighted by molar-refractivity contribution is 5.35. The van der Waals surface area contributed by atoms with Crippen molar-refractivity contribution in [1.29, 1.82) is 0 Å². The molecule has 1 saturated carbocycles. The number of rotatable bonds is 6. The third kappa shape index (κ3) is 3.72. The summed E-state index contributed by atoms with van der Waals surface area (Å²) in [7, 11) is 1.48. The molecule has 7 heteroatoms. The van der Waals surface area contributed by atoms with Gasteiger partial charge < -0.3 is 9.26 Å². The van der Waals surface area contributed by atoms with Crippen molar-refractivity contribution in [2.45, 2.75) is 44.6 Å². The van der Waals surface area contributed by atoms with Crippen LogP contribution in [0.5, 0.6) is 5.75 Å². The minimum atomic E-state index is -0.834. The summed E-state index contributed by atoms with van der Waals surface area (Å²) in [6.07, 6.45) is 5.08. The van der Waals surface area contributed by atoms with E-state index in [1.54, 1.807) is 0 Å². The molecule has 0 N–H and O–H groups in total. The van der Waals surface area contributed by atoms with Gasteiger partial charge in [0.05, 0.1) is 7.11 Å². The van der Waals surface area contributed by atoms with Crippen LogP contribution in [0.2, 0.25) is 0 Å². The molecule has 1 saturated heterocycles. The Morgan fingerprint density at radius 3 is 2.65 bits per heavy atom. The molecule has 1 aliphatic heterocycles. The van der Waals surface area contributed by atoms with E-state index in [1.807, 2.05) is 0 Å². The highest BCUT2D eigenvalue weighted by Gasteiger charge is 2.30. The number of ether oxygens (including phenoxy) is 1. The third-order valence-electron chi connectivity index (χ3n) is 5.34. The molecular formula is C19H23F2N3O2. The first-order valence-corrected chi connectivity index (χ1v) is 9.19. The summed E-state index contributed by atoms with van der Waals surface area (Å²) in [5.41, 5.74) is 0.290. The average Bonchev–Trinajstić information content (AvgIpc) is 3.40. The first-order valence-electron chi connectivity index (χ1n) is 9.19. The molecule has 140 valence electrons. The van der Waals surface area contributed by atoms with Crippen LogP contribution < -0.4 is 4.74 Å². The van der Waals surface area contributed by atoms with Gasteiger partial charge in [0.15, 0.2) is 17.5 Å². The molecular weight excluding hydrogens is 340 g/mol. The highest BCUT2D eigenvalue weighted by Crippen LogP contribution is 2.39. The average molecular weight is 363 g/mol. The van der Waals surface area contributed by atoms with Crippen LogP contribution in [0.4, 0.5) is 8.78 Å². The second-order valence-electron chi connectivity index (χ2n) is 7.29. The number of aromatic nitrogens is 2. The Balaban J connectivity index is 1.33. The number of methoxy groups -OCH3 is 1. The van der Waals surface area contributed by atoms with Gasteiger partial charge in [-0.05, 0) is 56.8 Å². The van der Waals surface area contributed by atoms with Gasteiger partial charge in [0.2, 0.25) is 5.89 Å². The van der Waals surface area contributed by atoms with Crippen LogP contribution in [-0.4, -0.2) is 35.2 Å². The first-order chi connectivity index (χ1) is 12.6. The molecule has 0 radical (unpaired) electrons. The minimum Gasteiger partial charge on any atom is -0.496 e. The van der Waals surface area contributed by atoms with Crippen molar-refractivity contribution in [2.24, 2.45) is 5.92 Å². The molecule has 5 nitrogen and oxygen atoms in total. The van der Waals surface area contributed by atoms with Gasteiger partial charge in [-0.15, -0.1) is 0 Å². The second-order valence-corrected chi connectivity index (χ2v) is 7.29. The number of hydrogen-bond donors (Lipinski definition) is 0. The van der Waals surface area contributed by atoms with E-state index in [-0.39, 0.29) is 5.56 Å². The van der Waals surface area contributed by atoms with Crippen molar-refractivity contribution in [1.82, 2.24) is 15.0 Å². The summed E-state index contributed by atoms with van der Waals surface area (Å²) < 4.78 is 38.2. The predicted octanol–water partition coefficient (Wildman–Crippen LogP) is 3.69. The number of benzene rings is 1. The molecule has 0 atom stereocenters. The van der Waals surface area contributed by atoms with E-state index < -0.39 is 11.6 Å². The van der Waals surface area contributed by atoms with Crippen LogP contribution in [0.3, 0.4) is 0 Å². The first kappa shape index (κ1) is 17.4. The van der Waals surface area contributed by atoms with Crippen molar-refractivity contribution in [3.63, 3.8) is 0 Å². The van der Waals surface area contributed by atoms with Crippen LogP contribution >= 0.6 is 0 Å². The monoisotopic (exact) mass is 363 g/mol.